The highest BCUT2D eigenvalue weighted by Gasteiger charge is 2.13. The lowest BCUT2D eigenvalue weighted by Crippen LogP contribution is -2.31. The Labute approximate surface area is 146 Å². The molecule has 0 aliphatic heterocycles. The third-order valence-electron chi connectivity index (χ3n) is 3.68. The lowest BCUT2D eigenvalue weighted by Gasteiger charge is -2.15. The average molecular weight is 346 g/mol. The number of aryl methyl sites for hydroxylation is 1. The van der Waals surface area contributed by atoms with Gasteiger partial charge in [-0.1, -0.05) is 42.8 Å². The molecule has 0 saturated heterocycles. The summed E-state index contributed by atoms with van der Waals surface area (Å²) < 4.78 is 5.01. The van der Waals surface area contributed by atoms with E-state index in [4.69, 9.17) is 16.3 Å². The Morgan fingerprint density at radius 2 is 1.71 bits per heavy atom. The van der Waals surface area contributed by atoms with Crippen molar-refractivity contribution < 1.29 is 14.3 Å². The molecule has 1 unspecified atom stereocenters. The smallest absolute Gasteiger partial charge is 0.338 e. The number of carbonyl (C=O) groups is 2. The van der Waals surface area contributed by atoms with Gasteiger partial charge in [0, 0.05) is 5.02 Å². The van der Waals surface area contributed by atoms with E-state index in [2.05, 4.69) is 12.2 Å². The monoisotopic (exact) mass is 345 g/mol. The molecule has 0 radical (unpaired) electrons. The van der Waals surface area contributed by atoms with E-state index in [0.717, 1.165) is 12.0 Å². The molecule has 0 saturated carbocycles. The third kappa shape index (κ3) is 5.10. The summed E-state index contributed by atoms with van der Waals surface area (Å²) in [6.07, 6.45) is 0.974. The Kier molecular flexibility index (Phi) is 6.38. The SMILES string of the molecule is CCc1ccc(C(C)NC(=O)COC(=O)c2ccc(Cl)cc2)cc1. The summed E-state index contributed by atoms with van der Waals surface area (Å²) in [4.78, 5) is 23.8. The fourth-order valence-corrected chi connectivity index (χ4v) is 2.33. The van der Waals surface area contributed by atoms with Crippen molar-refractivity contribution in [1.29, 1.82) is 0 Å². The predicted octanol–water partition coefficient (Wildman–Crippen LogP) is 3.94. The minimum Gasteiger partial charge on any atom is -0.452 e. The second kappa shape index (κ2) is 8.50. The summed E-state index contributed by atoms with van der Waals surface area (Å²) in [5.74, 6) is -0.897. The van der Waals surface area contributed by atoms with Gasteiger partial charge in [0.05, 0.1) is 11.6 Å². The Morgan fingerprint density at radius 1 is 1.08 bits per heavy atom. The Bertz CT molecular complexity index is 696. The van der Waals surface area contributed by atoms with Crippen molar-refractivity contribution in [2.75, 3.05) is 6.61 Å². The maximum Gasteiger partial charge on any atom is 0.338 e. The second-order valence-corrected chi connectivity index (χ2v) is 5.90. The molecule has 0 aromatic heterocycles. The molecule has 0 fully saturated rings. The summed E-state index contributed by atoms with van der Waals surface area (Å²) in [5.41, 5.74) is 2.61. The normalized spacial score (nSPS) is 11.6. The highest BCUT2D eigenvalue weighted by molar-refractivity contribution is 6.30. The number of amides is 1. The van der Waals surface area contributed by atoms with E-state index in [0.29, 0.717) is 10.6 Å². The zero-order chi connectivity index (χ0) is 17.5. The molecule has 2 aromatic carbocycles. The second-order valence-electron chi connectivity index (χ2n) is 5.47. The van der Waals surface area contributed by atoms with E-state index in [1.54, 1.807) is 24.3 Å². The van der Waals surface area contributed by atoms with Crippen LogP contribution in [0.25, 0.3) is 0 Å². The number of esters is 1. The molecular weight excluding hydrogens is 326 g/mol. The minimum absolute atomic E-state index is 0.155. The van der Waals surface area contributed by atoms with E-state index in [9.17, 15) is 9.59 Å². The molecule has 0 aliphatic rings. The van der Waals surface area contributed by atoms with Crippen LogP contribution in [0, 0.1) is 0 Å². The van der Waals surface area contributed by atoms with Crippen LogP contribution in [0.2, 0.25) is 5.02 Å². The molecule has 1 atom stereocenters. The van der Waals surface area contributed by atoms with Crippen LogP contribution in [0.3, 0.4) is 0 Å². The van der Waals surface area contributed by atoms with Crippen molar-refractivity contribution in [3.05, 3.63) is 70.2 Å². The highest BCUT2D eigenvalue weighted by atomic mass is 35.5. The van der Waals surface area contributed by atoms with E-state index in [-0.39, 0.29) is 18.6 Å². The van der Waals surface area contributed by atoms with Crippen LogP contribution in [-0.4, -0.2) is 18.5 Å². The van der Waals surface area contributed by atoms with Crippen LogP contribution >= 0.6 is 11.6 Å². The van der Waals surface area contributed by atoms with Gasteiger partial charge in [-0.05, 0) is 48.7 Å². The zero-order valence-corrected chi connectivity index (χ0v) is 14.5. The van der Waals surface area contributed by atoms with Crippen molar-refractivity contribution in [1.82, 2.24) is 5.32 Å². The van der Waals surface area contributed by atoms with E-state index in [1.165, 1.54) is 5.56 Å². The first-order chi connectivity index (χ1) is 11.5. The lowest BCUT2D eigenvalue weighted by atomic mass is 10.1. The van der Waals surface area contributed by atoms with Gasteiger partial charge in [0.25, 0.3) is 5.91 Å². The summed E-state index contributed by atoms with van der Waals surface area (Å²) in [7, 11) is 0. The number of benzene rings is 2. The molecule has 4 nitrogen and oxygen atoms in total. The van der Waals surface area contributed by atoms with Gasteiger partial charge >= 0.3 is 5.97 Å². The fraction of sp³-hybridized carbons (Fsp3) is 0.263. The number of rotatable bonds is 6. The first kappa shape index (κ1) is 18.0. The zero-order valence-electron chi connectivity index (χ0n) is 13.7. The molecule has 2 aromatic rings. The van der Waals surface area contributed by atoms with Gasteiger partial charge in [0.2, 0.25) is 0 Å². The molecule has 1 N–H and O–H groups in total. The standard InChI is InChI=1S/C19H20ClNO3/c1-3-14-4-6-15(7-5-14)13(2)21-18(22)12-24-19(23)16-8-10-17(20)11-9-16/h4-11,13H,3,12H2,1-2H3,(H,21,22). The number of carbonyl (C=O) groups excluding carboxylic acids is 2. The van der Waals surface area contributed by atoms with E-state index >= 15 is 0 Å². The van der Waals surface area contributed by atoms with Crippen LogP contribution in [0.4, 0.5) is 0 Å². The molecule has 24 heavy (non-hydrogen) atoms. The van der Waals surface area contributed by atoms with Crippen LogP contribution in [-0.2, 0) is 16.0 Å². The number of hydrogen-bond acceptors (Lipinski definition) is 3. The van der Waals surface area contributed by atoms with Crippen LogP contribution < -0.4 is 5.32 Å². The van der Waals surface area contributed by atoms with E-state index in [1.807, 2.05) is 31.2 Å². The van der Waals surface area contributed by atoms with Crippen LogP contribution in [0.5, 0.6) is 0 Å². The molecule has 0 aliphatic carbocycles. The molecule has 1 amide bonds. The largest absolute Gasteiger partial charge is 0.452 e. The van der Waals surface area contributed by atoms with Crippen molar-refractivity contribution in [2.45, 2.75) is 26.3 Å². The molecule has 5 heteroatoms. The fourth-order valence-electron chi connectivity index (χ4n) is 2.21. The van der Waals surface area contributed by atoms with Crippen LogP contribution in [0.1, 0.15) is 41.4 Å². The van der Waals surface area contributed by atoms with Gasteiger partial charge in [0.15, 0.2) is 6.61 Å². The van der Waals surface area contributed by atoms with Gasteiger partial charge in [-0.2, -0.15) is 0 Å². The van der Waals surface area contributed by atoms with Gasteiger partial charge in [-0.25, -0.2) is 4.79 Å². The summed E-state index contributed by atoms with van der Waals surface area (Å²) in [5, 5.41) is 3.35. The maximum absolute atomic E-state index is 11.9. The molecular formula is C19H20ClNO3. The quantitative estimate of drug-likeness (QED) is 0.807. The number of nitrogens with one attached hydrogen (secondary N) is 1. The Morgan fingerprint density at radius 3 is 2.29 bits per heavy atom. The van der Waals surface area contributed by atoms with Gasteiger partial charge in [0.1, 0.15) is 0 Å². The topological polar surface area (TPSA) is 55.4 Å². The molecule has 0 heterocycles. The van der Waals surface area contributed by atoms with Crippen molar-refractivity contribution in [3.8, 4) is 0 Å². The summed E-state index contributed by atoms with van der Waals surface area (Å²) in [6, 6.07) is 14.2. The molecule has 126 valence electrons. The first-order valence-corrected chi connectivity index (χ1v) is 8.18. The summed E-state index contributed by atoms with van der Waals surface area (Å²) in [6.45, 7) is 3.66. The Balaban J connectivity index is 1.83. The van der Waals surface area contributed by atoms with E-state index < -0.39 is 5.97 Å². The lowest BCUT2D eigenvalue weighted by molar-refractivity contribution is -0.124. The predicted molar refractivity (Wildman–Crippen MR) is 94.1 cm³/mol. The average Bonchev–Trinajstić information content (AvgIpc) is 2.60. The number of ether oxygens (including phenoxy) is 1. The molecule has 0 spiro atoms. The van der Waals surface area contributed by atoms with Gasteiger partial charge in [-0.3, -0.25) is 4.79 Å². The van der Waals surface area contributed by atoms with Gasteiger partial charge < -0.3 is 10.1 Å². The Hall–Kier alpha value is -2.33. The van der Waals surface area contributed by atoms with Crippen molar-refractivity contribution in [3.63, 3.8) is 0 Å². The van der Waals surface area contributed by atoms with Crippen molar-refractivity contribution >= 4 is 23.5 Å². The number of hydrogen-bond donors (Lipinski definition) is 1. The van der Waals surface area contributed by atoms with Crippen LogP contribution in [0.15, 0.2) is 48.5 Å². The first-order valence-electron chi connectivity index (χ1n) is 7.80. The minimum atomic E-state index is -0.554. The molecule has 0 bridgehead atoms. The van der Waals surface area contributed by atoms with Gasteiger partial charge in [-0.15, -0.1) is 0 Å². The number of halogens is 1. The molecule has 2 rings (SSSR count). The highest BCUT2D eigenvalue weighted by Crippen LogP contribution is 2.14. The third-order valence-corrected chi connectivity index (χ3v) is 3.93. The maximum atomic E-state index is 11.9. The van der Waals surface area contributed by atoms with Crippen molar-refractivity contribution in [2.24, 2.45) is 0 Å². The summed E-state index contributed by atoms with van der Waals surface area (Å²) >= 11 is 5.76.